The molecule has 0 amide bonds. The second kappa shape index (κ2) is 9.64. The van der Waals surface area contributed by atoms with E-state index < -0.39 is 7.25 Å². The number of hydrogen-bond donors (Lipinski definition) is 0. The van der Waals surface area contributed by atoms with Crippen LogP contribution in [0.15, 0.2) is 31.4 Å². The second-order valence-corrected chi connectivity index (χ2v) is 4.16. The minimum absolute atomic E-state index is 0.425. The molecule has 0 aliphatic heterocycles. The largest absolute Gasteiger partial charge is 0.673 e. The van der Waals surface area contributed by atoms with Crippen molar-refractivity contribution in [1.29, 1.82) is 0 Å². The summed E-state index contributed by atoms with van der Waals surface area (Å²) in [7, 11) is -6.00. The average molecular weight is 279 g/mol. The second-order valence-electron chi connectivity index (χ2n) is 4.16. The predicted octanol–water partition coefficient (Wildman–Crippen LogP) is 4.88. The van der Waals surface area contributed by atoms with Crippen molar-refractivity contribution in [2.75, 3.05) is 0 Å². The molecule has 0 saturated heterocycles. The molecule has 1 atom stereocenters. The molecule has 1 aromatic rings. The number of hydrogen-bond acceptors (Lipinski definition) is 1. The smallest absolute Gasteiger partial charge is 0.418 e. The van der Waals surface area contributed by atoms with Crippen LogP contribution < -0.4 is 0 Å². The normalized spacial score (nSPS) is 12.5. The fraction of sp³-hybridized carbons (Fsp3) is 0.583. The van der Waals surface area contributed by atoms with Gasteiger partial charge in [0.2, 0.25) is 0 Å². The first-order chi connectivity index (χ1) is 8.88. The summed E-state index contributed by atoms with van der Waals surface area (Å²) in [4.78, 5) is 4.05. The predicted molar refractivity (Wildman–Crippen MR) is 70.4 cm³/mol. The molecule has 19 heavy (non-hydrogen) atoms. The lowest BCUT2D eigenvalue weighted by molar-refractivity contribution is 0.368. The Bertz CT molecular complexity index is 319. The van der Waals surface area contributed by atoms with Crippen LogP contribution in [-0.2, 0) is 0 Å². The van der Waals surface area contributed by atoms with Gasteiger partial charge in [0, 0.05) is 12.4 Å². The fourth-order valence-corrected chi connectivity index (χ4v) is 1.63. The first-order valence-electron chi connectivity index (χ1n) is 6.35. The van der Waals surface area contributed by atoms with Gasteiger partial charge in [0.15, 0.2) is 0 Å². The van der Waals surface area contributed by atoms with Crippen molar-refractivity contribution in [2.45, 2.75) is 45.1 Å². The molecule has 7 heteroatoms. The van der Waals surface area contributed by atoms with Crippen LogP contribution in [0.2, 0.25) is 0 Å². The van der Waals surface area contributed by atoms with E-state index in [1.807, 2.05) is 24.8 Å². The van der Waals surface area contributed by atoms with Crippen LogP contribution in [0.1, 0.15) is 45.1 Å². The lowest BCUT2D eigenvalue weighted by atomic mass is 10.1. The third-order valence-corrected chi connectivity index (χ3v) is 2.53. The summed E-state index contributed by atoms with van der Waals surface area (Å²) in [6.07, 6.45) is 14.1. The van der Waals surface area contributed by atoms with Crippen LogP contribution >= 0.6 is 0 Å². The number of allylic oxidation sites excluding steroid dienone is 1. The first-order valence-corrected chi connectivity index (χ1v) is 6.35. The highest BCUT2D eigenvalue weighted by atomic mass is 19.5. The lowest BCUT2D eigenvalue weighted by Crippen LogP contribution is -2.03. The Morgan fingerprint density at radius 3 is 2.32 bits per heavy atom. The Hall–Kier alpha value is -1.27. The Balaban J connectivity index is 0.000000555. The third kappa shape index (κ3) is 11.6. The van der Waals surface area contributed by atoms with E-state index in [2.05, 4.69) is 23.1 Å². The van der Waals surface area contributed by atoms with Crippen LogP contribution in [0.4, 0.5) is 17.3 Å². The molecule has 110 valence electrons. The number of aromatic nitrogens is 2. The molecule has 0 saturated carbocycles. The van der Waals surface area contributed by atoms with Gasteiger partial charge in [-0.25, -0.2) is 4.98 Å². The Labute approximate surface area is 111 Å². The summed E-state index contributed by atoms with van der Waals surface area (Å²) in [5, 5.41) is 0. The maximum absolute atomic E-state index is 9.75. The standard InChI is InChI=1S/C12H20N2.BF4/c1-3-5-6-7-8-12(4-2)14-10-9-13-11-14;2-1(3,4)5/h4,9-12H,2-3,5-8H2,1H3;/q;-1. The molecular weight excluding hydrogens is 259 g/mol. The minimum atomic E-state index is -6.00. The molecular formula is C12H20BF4N2-. The zero-order valence-corrected chi connectivity index (χ0v) is 11.1. The zero-order chi connectivity index (χ0) is 14.7. The summed E-state index contributed by atoms with van der Waals surface area (Å²) in [5.74, 6) is 0. The van der Waals surface area contributed by atoms with Crippen molar-refractivity contribution in [2.24, 2.45) is 0 Å². The Morgan fingerprint density at radius 1 is 1.26 bits per heavy atom. The summed E-state index contributed by atoms with van der Waals surface area (Å²) in [5.41, 5.74) is 0. The maximum atomic E-state index is 9.75. The van der Waals surface area contributed by atoms with E-state index in [9.17, 15) is 17.3 Å². The van der Waals surface area contributed by atoms with Gasteiger partial charge in [-0.3, -0.25) is 0 Å². The van der Waals surface area contributed by atoms with Gasteiger partial charge in [-0.15, -0.1) is 6.58 Å². The third-order valence-electron chi connectivity index (χ3n) is 2.53. The summed E-state index contributed by atoms with van der Waals surface area (Å²) in [6, 6.07) is 0.425. The van der Waals surface area contributed by atoms with Crippen molar-refractivity contribution < 1.29 is 17.3 Å². The van der Waals surface area contributed by atoms with E-state index in [1.165, 1.54) is 32.1 Å². The molecule has 2 nitrogen and oxygen atoms in total. The molecule has 1 heterocycles. The van der Waals surface area contributed by atoms with Crippen molar-refractivity contribution in [3.8, 4) is 0 Å². The van der Waals surface area contributed by atoms with Gasteiger partial charge in [0.05, 0.1) is 12.4 Å². The van der Waals surface area contributed by atoms with E-state index in [-0.39, 0.29) is 0 Å². The summed E-state index contributed by atoms with van der Waals surface area (Å²) < 4.78 is 41.1. The molecule has 0 spiro atoms. The quantitative estimate of drug-likeness (QED) is 0.301. The van der Waals surface area contributed by atoms with E-state index in [4.69, 9.17) is 0 Å². The highest BCUT2D eigenvalue weighted by Gasteiger charge is 2.20. The molecule has 1 rings (SSSR count). The van der Waals surface area contributed by atoms with Gasteiger partial charge in [-0.1, -0.05) is 38.7 Å². The highest BCUT2D eigenvalue weighted by Crippen LogP contribution is 2.16. The van der Waals surface area contributed by atoms with Gasteiger partial charge >= 0.3 is 7.25 Å². The lowest BCUT2D eigenvalue weighted by Gasteiger charge is -2.13. The molecule has 1 unspecified atom stereocenters. The SMILES string of the molecule is C=CC(CCCCCC)n1ccnc1.F[B-](F)(F)F. The van der Waals surface area contributed by atoms with Crippen LogP contribution in [0, 0.1) is 0 Å². The van der Waals surface area contributed by atoms with Crippen molar-refractivity contribution in [3.63, 3.8) is 0 Å². The van der Waals surface area contributed by atoms with Crippen molar-refractivity contribution in [1.82, 2.24) is 9.55 Å². The number of nitrogens with zero attached hydrogens (tertiary/aromatic N) is 2. The zero-order valence-electron chi connectivity index (χ0n) is 11.1. The van der Waals surface area contributed by atoms with Crippen LogP contribution in [0.3, 0.4) is 0 Å². The van der Waals surface area contributed by atoms with Crippen LogP contribution in [0.25, 0.3) is 0 Å². The van der Waals surface area contributed by atoms with E-state index in [1.54, 1.807) is 0 Å². The Kier molecular flexibility index (Phi) is 9.00. The molecule has 0 aromatic carbocycles. The molecule has 0 fully saturated rings. The summed E-state index contributed by atoms with van der Waals surface area (Å²) >= 11 is 0. The fourth-order valence-electron chi connectivity index (χ4n) is 1.63. The molecule has 0 N–H and O–H groups in total. The minimum Gasteiger partial charge on any atom is -0.418 e. The number of imidazole rings is 1. The molecule has 0 radical (unpaired) electrons. The first kappa shape index (κ1) is 17.7. The number of halogens is 4. The topological polar surface area (TPSA) is 17.8 Å². The van der Waals surface area contributed by atoms with Crippen molar-refractivity contribution in [3.05, 3.63) is 31.4 Å². The van der Waals surface area contributed by atoms with E-state index in [0.29, 0.717) is 6.04 Å². The molecule has 0 aliphatic rings. The van der Waals surface area contributed by atoms with Crippen LogP contribution in [-0.4, -0.2) is 16.8 Å². The van der Waals surface area contributed by atoms with Crippen molar-refractivity contribution >= 4 is 7.25 Å². The monoisotopic (exact) mass is 279 g/mol. The van der Waals surface area contributed by atoms with E-state index >= 15 is 0 Å². The van der Waals surface area contributed by atoms with Gasteiger partial charge in [0.1, 0.15) is 0 Å². The van der Waals surface area contributed by atoms with Gasteiger partial charge in [-0.2, -0.15) is 0 Å². The number of rotatable bonds is 7. The Morgan fingerprint density at radius 2 is 1.89 bits per heavy atom. The van der Waals surface area contributed by atoms with Crippen LogP contribution in [0.5, 0.6) is 0 Å². The number of unbranched alkanes of at least 4 members (excludes halogenated alkanes) is 3. The van der Waals surface area contributed by atoms with Gasteiger partial charge < -0.3 is 21.8 Å². The van der Waals surface area contributed by atoms with Gasteiger partial charge in [-0.05, 0) is 6.42 Å². The van der Waals surface area contributed by atoms with E-state index in [0.717, 1.165) is 0 Å². The average Bonchev–Trinajstić information content (AvgIpc) is 2.80. The molecule has 0 aliphatic carbocycles. The summed E-state index contributed by atoms with van der Waals surface area (Å²) in [6.45, 7) is 6.10. The molecule has 1 aromatic heterocycles. The molecule has 0 bridgehead atoms. The maximum Gasteiger partial charge on any atom is 0.673 e. The van der Waals surface area contributed by atoms with Gasteiger partial charge in [0.25, 0.3) is 0 Å². The highest BCUT2D eigenvalue weighted by molar-refractivity contribution is 6.50.